The molecule has 1 aromatic carbocycles. The van der Waals surface area contributed by atoms with Crippen LogP contribution < -0.4 is 0 Å². The molecule has 0 heterocycles. The maximum Gasteiger partial charge on any atom is 0.233 e. The van der Waals surface area contributed by atoms with E-state index in [2.05, 4.69) is 0 Å². The minimum Gasteiger partial charge on any atom is -0.295 e. The highest BCUT2D eigenvalue weighted by molar-refractivity contribution is 6.50. The summed E-state index contributed by atoms with van der Waals surface area (Å²) in [5.41, 5.74) is 2.35. The maximum absolute atomic E-state index is 12.1. The molecule has 1 aliphatic rings. The summed E-state index contributed by atoms with van der Waals surface area (Å²) in [7, 11) is 0. The Bertz CT molecular complexity index is 623. The fourth-order valence-electron chi connectivity index (χ4n) is 2.53. The number of carbonyl (C=O) groups is 3. The summed E-state index contributed by atoms with van der Waals surface area (Å²) in [5.74, 6) is -1.05. The van der Waals surface area contributed by atoms with E-state index >= 15 is 0 Å². The van der Waals surface area contributed by atoms with Crippen LogP contribution >= 0.6 is 0 Å². The Morgan fingerprint density at radius 1 is 1.25 bits per heavy atom. The van der Waals surface area contributed by atoms with Crippen LogP contribution in [0.25, 0.3) is 0 Å². The van der Waals surface area contributed by atoms with Crippen LogP contribution in [-0.2, 0) is 4.79 Å². The number of benzene rings is 1. The van der Waals surface area contributed by atoms with Gasteiger partial charge in [-0.25, -0.2) is 0 Å². The van der Waals surface area contributed by atoms with Crippen molar-refractivity contribution < 1.29 is 14.4 Å². The lowest BCUT2D eigenvalue weighted by atomic mass is 9.77. The molecule has 3 nitrogen and oxygen atoms in total. The summed E-state index contributed by atoms with van der Waals surface area (Å²) in [4.78, 5) is 35.8. The lowest BCUT2D eigenvalue weighted by Crippen LogP contribution is -2.27. The monoisotopic (exact) mass is 270 g/mol. The van der Waals surface area contributed by atoms with Gasteiger partial charge in [0.25, 0.3) is 0 Å². The summed E-state index contributed by atoms with van der Waals surface area (Å²) < 4.78 is 0. The van der Waals surface area contributed by atoms with E-state index in [-0.39, 0.29) is 11.7 Å². The van der Waals surface area contributed by atoms with Crippen molar-refractivity contribution >= 4 is 17.3 Å². The van der Waals surface area contributed by atoms with Gasteiger partial charge in [-0.05, 0) is 31.0 Å². The highest BCUT2D eigenvalue weighted by Gasteiger charge is 2.34. The van der Waals surface area contributed by atoms with Crippen molar-refractivity contribution in [2.45, 2.75) is 39.5 Å². The SMILES string of the molecule is CCCC=C1C(=O)C(=O)c2ccc(C(C)=O)cc2C1C. The van der Waals surface area contributed by atoms with Gasteiger partial charge in [0.05, 0.1) is 0 Å². The number of allylic oxidation sites excluding steroid dienone is 2. The molecule has 3 heteroatoms. The number of fused-ring (bicyclic) bond motifs is 1. The van der Waals surface area contributed by atoms with Crippen LogP contribution in [0.15, 0.2) is 29.8 Å². The van der Waals surface area contributed by atoms with Crippen molar-refractivity contribution in [3.63, 3.8) is 0 Å². The van der Waals surface area contributed by atoms with Gasteiger partial charge in [-0.3, -0.25) is 14.4 Å². The number of hydrogen-bond acceptors (Lipinski definition) is 3. The molecule has 0 bridgehead atoms. The molecule has 104 valence electrons. The number of ketones is 3. The minimum atomic E-state index is -0.462. The van der Waals surface area contributed by atoms with Crippen molar-refractivity contribution in [2.24, 2.45) is 0 Å². The second-order valence-electron chi connectivity index (χ2n) is 5.19. The molecule has 1 aromatic rings. The van der Waals surface area contributed by atoms with E-state index in [1.807, 2.05) is 19.9 Å². The predicted molar refractivity (Wildman–Crippen MR) is 77.2 cm³/mol. The first-order chi connectivity index (χ1) is 9.47. The molecule has 2 rings (SSSR count). The van der Waals surface area contributed by atoms with E-state index in [0.29, 0.717) is 16.7 Å². The van der Waals surface area contributed by atoms with Crippen LogP contribution in [-0.4, -0.2) is 17.3 Å². The Balaban J connectivity index is 2.56. The van der Waals surface area contributed by atoms with Gasteiger partial charge in [0.2, 0.25) is 11.6 Å². The van der Waals surface area contributed by atoms with Gasteiger partial charge in [0.1, 0.15) is 0 Å². The number of Topliss-reactive ketones (excluding diaryl/α,β-unsaturated/α-hetero) is 3. The van der Waals surface area contributed by atoms with Crippen molar-refractivity contribution in [2.75, 3.05) is 0 Å². The molecule has 1 aliphatic carbocycles. The van der Waals surface area contributed by atoms with Crippen LogP contribution in [0.3, 0.4) is 0 Å². The molecule has 0 fully saturated rings. The van der Waals surface area contributed by atoms with Gasteiger partial charge in [-0.1, -0.05) is 32.4 Å². The van der Waals surface area contributed by atoms with Gasteiger partial charge in [-0.2, -0.15) is 0 Å². The standard InChI is InChI=1S/C17H18O3/c1-4-5-6-13-10(2)15-9-12(11(3)18)7-8-14(15)17(20)16(13)19/h6-10H,4-5H2,1-3H3. The second-order valence-corrected chi connectivity index (χ2v) is 5.19. The molecule has 1 unspecified atom stereocenters. The number of carbonyl (C=O) groups excluding carboxylic acids is 3. The van der Waals surface area contributed by atoms with E-state index in [0.717, 1.165) is 18.4 Å². The molecule has 0 spiro atoms. The zero-order valence-corrected chi connectivity index (χ0v) is 12.0. The van der Waals surface area contributed by atoms with Gasteiger partial charge in [-0.15, -0.1) is 0 Å². The zero-order valence-electron chi connectivity index (χ0n) is 12.0. The predicted octanol–water partition coefficient (Wildman–Crippen LogP) is 3.48. The molecule has 0 saturated heterocycles. The van der Waals surface area contributed by atoms with E-state index in [1.165, 1.54) is 6.92 Å². The second kappa shape index (κ2) is 5.53. The molecule has 20 heavy (non-hydrogen) atoms. The van der Waals surface area contributed by atoms with Crippen LogP contribution in [0.1, 0.15) is 65.8 Å². The smallest absolute Gasteiger partial charge is 0.233 e. The van der Waals surface area contributed by atoms with Crippen molar-refractivity contribution in [1.82, 2.24) is 0 Å². The fourth-order valence-corrected chi connectivity index (χ4v) is 2.53. The topological polar surface area (TPSA) is 51.2 Å². The van der Waals surface area contributed by atoms with E-state index in [9.17, 15) is 14.4 Å². The largest absolute Gasteiger partial charge is 0.295 e. The first-order valence-corrected chi connectivity index (χ1v) is 6.91. The molecule has 0 amide bonds. The zero-order chi connectivity index (χ0) is 14.9. The third kappa shape index (κ3) is 2.36. The van der Waals surface area contributed by atoms with Crippen LogP contribution in [0.2, 0.25) is 0 Å². The summed E-state index contributed by atoms with van der Waals surface area (Å²) in [6.45, 7) is 5.43. The van der Waals surface area contributed by atoms with E-state index < -0.39 is 11.6 Å². The molecule has 0 aliphatic heterocycles. The highest BCUT2D eigenvalue weighted by atomic mass is 16.2. The van der Waals surface area contributed by atoms with Gasteiger partial charge in [0.15, 0.2) is 5.78 Å². The van der Waals surface area contributed by atoms with Crippen molar-refractivity contribution in [3.05, 3.63) is 46.5 Å². The maximum atomic E-state index is 12.1. The Kier molecular flexibility index (Phi) is 3.98. The van der Waals surface area contributed by atoms with Crippen LogP contribution in [0, 0.1) is 0 Å². The number of rotatable bonds is 3. The Labute approximate surface area is 118 Å². The Morgan fingerprint density at radius 2 is 1.95 bits per heavy atom. The van der Waals surface area contributed by atoms with E-state index in [1.54, 1.807) is 18.2 Å². The Morgan fingerprint density at radius 3 is 2.55 bits per heavy atom. The molecule has 0 saturated carbocycles. The number of hydrogen-bond donors (Lipinski definition) is 0. The van der Waals surface area contributed by atoms with Gasteiger partial charge in [0, 0.05) is 22.6 Å². The fraction of sp³-hybridized carbons (Fsp3) is 0.353. The molecule has 0 radical (unpaired) electrons. The van der Waals surface area contributed by atoms with Crippen LogP contribution in [0.4, 0.5) is 0 Å². The summed E-state index contributed by atoms with van der Waals surface area (Å²) in [5, 5.41) is 0. The quantitative estimate of drug-likeness (QED) is 0.480. The van der Waals surface area contributed by atoms with Gasteiger partial charge < -0.3 is 0 Å². The first-order valence-electron chi connectivity index (χ1n) is 6.91. The first kappa shape index (κ1) is 14.4. The molecule has 0 aromatic heterocycles. The summed E-state index contributed by atoms with van der Waals surface area (Å²) in [6.07, 6.45) is 3.56. The summed E-state index contributed by atoms with van der Waals surface area (Å²) in [6, 6.07) is 4.95. The minimum absolute atomic E-state index is 0.0385. The van der Waals surface area contributed by atoms with Crippen molar-refractivity contribution in [3.8, 4) is 0 Å². The normalized spacial score (nSPS) is 20.1. The Hall–Kier alpha value is -2.03. The molecular formula is C17H18O3. The average molecular weight is 270 g/mol. The lowest BCUT2D eigenvalue weighted by molar-refractivity contribution is -0.112. The lowest BCUT2D eigenvalue weighted by Gasteiger charge is -2.24. The van der Waals surface area contributed by atoms with Gasteiger partial charge >= 0.3 is 0 Å². The molecular weight excluding hydrogens is 252 g/mol. The average Bonchev–Trinajstić information content (AvgIpc) is 2.44. The third-order valence-electron chi connectivity index (χ3n) is 3.76. The summed E-state index contributed by atoms with van der Waals surface area (Å²) >= 11 is 0. The number of unbranched alkanes of at least 4 members (excludes halogenated alkanes) is 1. The van der Waals surface area contributed by atoms with Crippen molar-refractivity contribution in [1.29, 1.82) is 0 Å². The third-order valence-corrected chi connectivity index (χ3v) is 3.76. The van der Waals surface area contributed by atoms with Crippen LogP contribution in [0.5, 0.6) is 0 Å². The molecule has 0 N–H and O–H groups in total. The highest BCUT2D eigenvalue weighted by Crippen LogP contribution is 2.34. The van der Waals surface area contributed by atoms with E-state index in [4.69, 9.17) is 0 Å². The molecule has 1 atom stereocenters.